The predicted molar refractivity (Wildman–Crippen MR) is 196 cm³/mol. The van der Waals surface area contributed by atoms with E-state index in [2.05, 4.69) is 174 Å². The van der Waals surface area contributed by atoms with Crippen LogP contribution in [0.1, 0.15) is 0 Å². The second kappa shape index (κ2) is 11.0. The van der Waals surface area contributed by atoms with Crippen LogP contribution in [0.4, 0.5) is 0 Å². The predicted octanol–water partition coefficient (Wildman–Crippen LogP) is 12.1. The zero-order valence-corrected chi connectivity index (χ0v) is 25.8. The number of nitrogens with zero attached hydrogens (tertiary/aromatic N) is 2. The van der Waals surface area contributed by atoms with Gasteiger partial charge in [0.25, 0.3) is 0 Å². The zero-order chi connectivity index (χ0) is 30.5. The molecular weight excluding hydrogens is 577 g/mol. The third kappa shape index (κ3) is 4.44. The summed E-state index contributed by atoms with van der Waals surface area (Å²) in [7, 11) is 0. The third-order valence-corrected chi connectivity index (χ3v) is 9.85. The van der Waals surface area contributed by atoms with Crippen LogP contribution in [0.25, 0.3) is 82.3 Å². The highest BCUT2D eigenvalue weighted by atomic mass is 32.1. The van der Waals surface area contributed by atoms with Gasteiger partial charge in [-0.15, -0.1) is 11.3 Å². The fourth-order valence-corrected chi connectivity index (χ4v) is 7.59. The quantitative estimate of drug-likeness (QED) is 0.191. The van der Waals surface area contributed by atoms with Crippen LogP contribution in [0, 0.1) is 0 Å². The van der Waals surface area contributed by atoms with E-state index in [9.17, 15) is 0 Å². The summed E-state index contributed by atoms with van der Waals surface area (Å²) in [5, 5.41) is 5.99. The molecule has 0 fully saturated rings. The van der Waals surface area contributed by atoms with E-state index in [0.717, 1.165) is 28.1 Å². The Labute approximate surface area is 271 Å². The van der Waals surface area contributed by atoms with Crippen molar-refractivity contribution in [2.75, 3.05) is 0 Å². The number of aromatic nitrogens is 2. The molecule has 9 rings (SSSR count). The molecule has 2 aromatic heterocycles. The number of rotatable bonds is 5. The molecule has 216 valence electrons. The van der Waals surface area contributed by atoms with E-state index in [1.54, 1.807) is 11.3 Å². The maximum atomic E-state index is 5.36. The van der Waals surface area contributed by atoms with Crippen molar-refractivity contribution in [1.29, 1.82) is 0 Å². The molecular formula is C43H28N2S. The first kappa shape index (κ1) is 26.6. The molecule has 46 heavy (non-hydrogen) atoms. The minimum Gasteiger partial charge on any atom is -0.291 e. The molecule has 0 spiro atoms. The molecule has 0 saturated carbocycles. The van der Waals surface area contributed by atoms with E-state index >= 15 is 0 Å². The summed E-state index contributed by atoms with van der Waals surface area (Å²) in [6.07, 6.45) is 0. The lowest BCUT2D eigenvalue weighted by Crippen LogP contribution is -2.03. The number of imidazole rings is 1. The van der Waals surface area contributed by atoms with Crippen LogP contribution < -0.4 is 0 Å². The van der Waals surface area contributed by atoms with Crippen LogP contribution in [0.2, 0.25) is 0 Å². The summed E-state index contributed by atoms with van der Waals surface area (Å²) in [6, 6.07) is 58.7. The molecule has 3 heteroatoms. The molecule has 0 aliphatic rings. The largest absolute Gasteiger partial charge is 0.291 e. The molecule has 0 saturated heterocycles. The SMILES string of the molecule is c1ccc(-c2cccc(-c3ccccc3)c2-n2c(-c3csc4ccc(-c5ccc6ccccc6c5)cc34)nc3ccccc32)cc1. The van der Waals surface area contributed by atoms with E-state index in [4.69, 9.17) is 4.98 Å². The monoisotopic (exact) mass is 604 g/mol. The van der Waals surface area contributed by atoms with Gasteiger partial charge in [-0.05, 0) is 63.4 Å². The van der Waals surface area contributed by atoms with Crippen LogP contribution in [0.3, 0.4) is 0 Å². The Bertz CT molecular complexity index is 2470. The first-order chi connectivity index (χ1) is 22.8. The molecule has 7 aromatic carbocycles. The maximum Gasteiger partial charge on any atom is 0.147 e. The van der Waals surface area contributed by atoms with Gasteiger partial charge >= 0.3 is 0 Å². The summed E-state index contributed by atoms with van der Waals surface area (Å²) in [5.41, 5.74) is 11.4. The summed E-state index contributed by atoms with van der Waals surface area (Å²) in [6.45, 7) is 0. The van der Waals surface area contributed by atoms with Crippen molar-refractivity contribution in [1.82, 2.24) is 9.55 Å². The normalized spacial score (nSPS) is 11.5. The first-order valence-electron chi connectivity index (χ1n) is 15.5. The van der Waals surface area contributed by atoms with Crippen molar-refractivity contribution in [2.45, 2.75) is 0 Å². The summed E-state index contributed by atoms with van der Waals surface area (Å²) >= 11 is 1.78. The number of para-hydroxylation sites is 3. The van der Waals surface area contributed by atoms with Crippen molar-refractivity contribution in [3.63, 3.8) is 0 Å². The summed E-state index contributed by atoms with van der Waals surface area (Å²) in [5.74, 6) is 0.948. The molecule has 0 amide bonds. The lowest BCUT2D eigenvalue weighted by Gasteiger charge is -2.19. The van der Waals surface area contributed by atoms with Gasteiger partial charge in [0, 0.05) is 32.2 Å². The molecule has 0 bridgehead atoms. The highest BCUT2D eigenvalue weighted by molar-refractivity contribution is 7.17. The van der Waals surface area contributed by atoms with Gasteiger partial charge in [-0.2, -0.15) is 0 Å². The Morgan fingerprint density at radius 2 is 1.09 bits per heavy atom. The van der Waals surface area contributed by atoms with Gasteiger partial charge in [-0.3, -0.25) is 4.57 Å². The van der Waals surface area contributed by atoms with Crippen molar-refractivity contribution in [3.05, 3.63) is 169 Å². The number of hydrogen-bond acceptors (Lipinski definition) is 2. The van der Waals surface area contributed by atoms with Crippen LogP contribution in [0.5, 0.6) is 0 Å². The van der Waals surface area contributed by atoms with Gasteiger partial charge < -0.3 is 0 Å². The van der Waals surface area contributed by atoms with Gasteiger partial charge in [-0.1, -0.05) is 133 Å². The van der Waals surface area contributed by atoms with Crippen molar-refractivity contribution < 1.29 is 0 Å². The van der Waals surface area contributed by atoms with E-state index in [-0.39, 0.29) is 0 Å². The van der Waals surface area contributed by atoms with E-state index < -0.39 is 0 Å². The smallest absolute Gasteiger partial charge is 0.147 e. The minimum absolute atomic E-state index is 0.948. The average Bonchev–Trinajstić information content (AvgIpc) is 3.73. The fourth-order valence-electron chi connectivity index (χ4n) is 6.67. The van der Waals surface area contributed by atoms with Crippen molar-refractivity contribution >= 4 is 43.2 Å². The lowest BCUT2D eigenvalue weighted by atomic mass is 9.95. The van der Waals surface area contributed by atoms with Crippen molar-refractivity contribution in [2.24, 2.45) is 0 Å². The van der Waals surface area contributed by atoms with Gasteiger partial charge in [0.1, 0.15) is 5.82 Å². The van der Waals surface area contributed by atoms with E-state index in [1.807, 2.05) is 0 Å². The number of benzene rings is 7. The third-order valence-electron chi connectivity index (χ3n) is 8.89. The lowest BCUT2D eigenvalue weighted by molar-refractivity contribution is 1.11. The Hall–Kier alpha value is -5.77. The summed E-state index contributed by atoms with van der Waals surface area (Å²) in [4.78, 5) is 5.36. The van der Waals surface area contributed by atoms with E-state index in [1.165, 1.54) is 54.2 Å². The molecule has 0 N–H and O–H groups in total. The molecule has 9 aromatic rings. The number of thiophene rings is 1. The average molecular weight is 605 g/mol. The second-order valence-corrected chi connectivity index (χ2v) is 12.5. The summed E-state index contributed by atoms with van der Waals surface area (Å²) < 4.78 is 3.64. The van der Waals surface area contributed by atoms with Gasteiger partial charge in [0.2, 0.25) is 0 Å². The molecule has 0 unspecified atom stereocenters. The topological polar surface area (TPSA) is 17.8 Å². The van der Waals surface area contributed by atoms with Crippen LogP contribution >= 0.6 is 11.3 Å². The highest BCUT2D eigenvalue weighted by Gasteiger charge is 2.23. The van der Waals surface area contributed by atoms with Gasteiger partial charge in [0.15, 0.2) is 0 Å². The first-order valence-corrected chi connectivity index (χ1v) is 16.4. The Morgan fingerprint density at radius 1 is 0.457 bits per heavy atom. The molecule has 0 atom stereocenters. The van der Waals surface area contributed by atoms with Gasteiger partial charge in [0.05, 0.1) is 16.7 Å². The fraction of sp³-hybridized carbons (Fsp3) is 0. The minimum atomic E-state index is 0.948. The Kier molecular flexibility index (Phi) is 6.36. The standard InChI is InChI=1S/C43H28N2S/c1-3-13-30(14-4-1)35-18-11-19-36(31-15-5-2-6-16-31)42(35)45-40-21-10-9-20-39(40)44-43(45)38-28-46-41-25-24-34(27-37(38)41)33-23-22-29-12-7-8-17-32(29)26-33/h1-28H. The maximum absolute atomic E-state index is 5.36. The van der Waals surface area contributed by atoms with E-state index in [0.29, 0.717) is 0 Å². The number of fused-ring (bicyclic) bond motifs is 3. The highest BCUT2D eigenvalue weighted by Crippen LogP contribution is 2.43. The van der Waals surface area contributed by atoms with Crippen LogP contribution in [-0.4, -0.2) is 9.55 Å². The number of hydrogen-bond donors (Lipinski definition) is 0. The molecule has 2 nitrogen and oxygen atoms in total. The molecule has 0 radical (unpaired) electrons. The van der Waals surface area contributed by atoms with Crippen LogP contribution in [0.15, 0.2) is 169 Å². The van der Waals surface area contributed by atoms with Crippen molar-refractivity contribution in [3.8, 4) is 50.5 Å². The Balaban J connectivity index is 1.33. The molecule has 2 heterocycles. The van der Waals surface area contributed by atoms with Gasteiger partial charge in [-0.25, -0.2) is 4.98 Å². The zero-order valence-electron chi connectivity index (χ0n) is 25.0. The molecule has 0 aliphatic heterocycles. The molecule has 0 aliphatic carbocycles. The second-order valence-electron chi connectivity index (χ2n) is 11.6. The Morgan fingerprint density at radius 3 is 1.85 bits per heavy atom. The van der Waals surface area contributed by atoms with Crippen LogP contribution in [-0.2, 0) is 0 Å².